The Morgan fingerprint density at radius 3 is 2.29 bits per heavy atom. The molecule has 0 N–H and O–H groups in total. The molecular formula is C21H25NO2. The number of hydrogen-bond acceptors (Lipinski definition) is 3. The van der Waals surface area contributed by atoms with Crippen LogP contribution < -0.4 is 4.74 Å². The van der Waals surface area contributed by atoms with Crippen molar-refractivity contribution in [1.82, 2.24) is 4.90 Å². The molecule has 0 amide bonds. The lowest BCUT2D eigenvalue weighted by Crippen LogP contribution is -2.27. The van der Waals surface area contributed by atoms with Crippen molar-refractivity contribution < 1.29 is 9.53 Å². The molecule has 0 aliphatic carbocycles. The molecular weight excluding hydrogens is 298 g/mol. The van der Waals surface area contributed by atoms with E-state index in [0.29, 0.717) is 12.2 Å². The summed E-state index contributed by atoms with van der Waals surface area (Å²) in [4.78, 5) is 14.5. The van der Waals surface area contributed by atoms with Crippen LogP contribution >= 0.6 is 0 Å². The highest BCUT2D eigenvalue weighted by Crippen LogP contribution is 2.13. The molecule has 0 aromatic heterocycles. The van der Waals surface area contributed by atoms with Gasteiger partial charge in [0.15, 0.2) is 5.78 Å². The van der Waals surface area contributed by atoms with Gasteiger partial charge in [-0.25, -0.2) is 0 Å². The predicted octanol–water partition coefficient (Wildman–Crippen LogP) is 4.30. The van der Waals surface area contributed by atoms with Crippen molar-refractivity contribution >= 4 is 11.9 Å². The molecule has 2 aromatic carbocycles. The van der Waals surface area contributed by atoms with Gasteiger partial charge in [0.2, 0.25) is 0 Å². The summed E-state index contributed by atoms with van der Waals surface area (Å²) in [5, 5.41) is 0. The monoisotopic (exact) mass is 323 g/mol. The third-order valence-corrected chi connectivity index (χ3v) is 3.94. The van der Waals surface area contributed by atoms with Crippen molar-refractivity contribution in [3.05, 3.63) is 71.8 Å². The van der Waals surface area contributed by atoms with Crippen molar-refractivity contribution in [3.8, 4) is 5.75 Å². The molecule has 0 fully saturated rings. The minimum Gasteiger partial charge on any atom is -0.492 e. The van der Waals surface area contributed by atoms with Gasteiger partial charge in [-0.2, -0.15) is 0 Å². The number of ether oxygens (including phenoxy) is 1. The third kappa shape index (κ3) is 5.67. The maximum atomic E-state index is 12.2. The Hall–Kier alpha value is -2.39. The second kappa shape index (κ2) is 9.68. The molecule has 24 heavy (non-hydrogen) atoms. The van der Waals surface area contributed by atoms with Gasteiger partial charge in [0, 0.05) is 12.1 Å². The van der Waals surface area contributed by atoms with Gasteiger partial charge in [-0.1, -0.05) is 50.3 Å². The summed E-state index contributed by atoms with van der Waals surface area (Å²) in [5.41, 5.74) is 1.68. The van der Waals surface area contributed by atoms with E-state index < -0.39 is 0 Å². The van der Waals surface area contributed by atoms with Crippen LogP contribution in [0.15, 0.2) is 60.7 Å². The standard InChI is InChI=1S/C21H25NO2/c1-3-22(4-2)16-17-24-20-13-11-19(12-14-20)21(23)15-10-18-8-6-5-7-9-18/h5-15H,3-4,16-17H2,1-2H3/b15-10+. The van der Waals surface area contributed by atoms with Gasteiger partial charge in [-0.05, 0) is 49.0 Å². The number of nitrogens with zero attached hydrogens (tertiary/aromatic N) is 1. The van der Waals surface area contributed by atoms with E-state index in [1.807, 2.05) is 60.7 Å². The Labute approximate surface area is 144 Å². The lowest BCUT2D eigenvalue weighted by atomic mass is 10.1. The zero-order valence-corrected chi connectivity index (χ0v) is 14.4. The Morgan fingerprint density at radius 1 is 1.00 bits per heavy atom. The molecule has 0 radical (unpaired) electrons. The van der Waals surface area contributed by atoms with Crippen LogP contribution in [0.5, 0.6) is 5.75 Å². The highest BCUT2D eigenvalue weighted by Gasteiger charge is 2.03. The minimum absolute atomic E-state index is 0.00598. The predicted molar refractivity (Wildman–Crippen MR) is 99.5 cm³/mol. The fourth-order valence-corrected chi connectivity index (χ4v) is 2.38. The summed E-state index contributed by atoms with van der Waals surface area (Å²) in [7, 11) is 0. The van der Waals surface area contributed by atoms with Crippen LogP contribution in [0.3, 0.4) is 0 Å². The number of likely N-dealkylation sites (N-methyl/N-ethyl adjacent to an activating group) is 1. The van der Waals surface area contributed by atoms with Gasteiger partial charge in [0.05, 0.1) is 0 Å². The molecule has 0 aliphatic rings. The van der Waals surface area contributed by atoms with E-state index in [1.165, 1.54) is 0 Å². The second-order valence-corrected chi connectivity index (χ2v) is 5.51. The van der Waals surface area contributed by atoms with Gasteiger partial charge >= 0.3 is 0 Å². The van der Waals surface area contributed by atoms with E-state index in [-0.39, 0.29) is 5.78 Å². The number of carbonyl (C=O) groups is 1. The van der Waals surface area contributed by atoms with Crippen molar-refractivity contribution in [2.45, 2.75) is 13.8 Å². The number of allylic oxidation sites excluding steroid dienone is 1. The summed E-state index contributed by atoms with van der Waals surface area (Å²) in [6, 6.07) is 17.1. The Morgan fingerprint density at radius 2 is 1.67 bits per heavy atom. The van der Waals surface area contributed by atoms with E-state index in [0.717, 1.165) is 30.9 Å². The fraction of sp³-hybridized carbons (Fsp3) is 0.286. The van der Waals surface area contributed by atoms with Gasteiger partial charge in [0.25, 0.3) is 0 Å². The van der Waals surface area contributed by atoms with Crippen molar-refractivity contribution in [3.63, 3.8) is 0 Å². The lowest BCUT2D eigenvalue weighted by molar-refractivity contribution is 0.104. The topological polar surface area (TPSA) is 29.5 Å². The van der Waals surface area contributed by atoms with Gasteiger partial charge in [-0.15, -0.1) is 0 Å². The lowest BCUT2D eigenvalue weighted by Gasteiger charge is -2.17. The summed E-state index contributed by atoms with van der Waals surface area (Å²) < 4.78 is 5.73. The number of carbonyl (C=O) groups excluding carboxylic acids is 1. The molecule has 126 valence electrons. The summed E-state index contributed by atoms with van der Waals surface area (Å²) >= 11 is 0. The first-order chi connectivity index (χ1) is 11.7. The average molecular weight is 323 g/mol. The first-order valence-corrected chi connectivity index (χ1v) is 8.45. The molecule has 0 saturated heterocycles. The van der Waals surface area contributed by atoms with Crippen molar-refractivity contribution in [1.29, 1.82) is 0 Å². The molecule has 3 nitrogen and oxygen atoms in total. The van der Waals surface area contributed by atoms with Gasteiger partial charge in [0.1, 0.15) is 12.4 Å². The third-order valence-electron chi connectivity index (χ3n) is 3.94. The van der Waals surface area contributed by atoms with Crippen molar-refractivity contribution in [2.24, 2.45) is 0 Å². The highest BCUT2D eigenvalue weighted by molar-refractivity contribution is 6.06. The van der Waals surface area contributed by atoms with E-state index in [4.69, 9.17) is 4.74 Å². The number of hydrogen-bond donors (Lipinski definition) is 0. The number of rotatable bonds is 9. The molecule has 0 atom stereocenters. The smallest absolute Gasteiger partial charge is 0.185 e. The average Bonchev–Trinajstić information content (AvgIpc) is 2.64. The Bertz CT molecular complexity index is 643. The van der Waals surface area contributed by atoms with E-state index >= 15 is 0 Å². The first-order valence-electron chi connectivity index (χ1n) is 8.45. The molecule has 0 heterocycles. The quantitative estimate of drug-likeness (QED) is 0.509. The molecule has 0 bridgehead atoms. The molecule has 2 rings (SSSR count). The van der Waals surface area contributed by atoms with Crippen LogP contribution in [0, 0.1) is 0 Å². The van der Waals surface area contributed by atoms with Crippen LogP contribution in [0.4, 0.5) is 0 Å². The highest BCUT2D eigenvalue weighted by atomic mass is 16.5. The van der Waals surface area contributed by atoms with Crippen LogP contribution in [0.1, 0.15) is 29.8 Å². The SMILES string of the molecule is CCN(CC)CCOc1ccc(C(=O)/C=C/c2ccccc2)cc1. The Kier molecular flexibility index (Phi) is 7.24. The maximum Gasteiger partial charge on any atom is 0.185 e. The number of benzene rings is 2. The van der Waals surface area contributed by atoms with Crippen LogP contribution in [-0.4, -0.2) is 36.9 Å². The van der Waals surface area contributed by atoms with Gasteiger partial charge < -0.3 is 9.64 Å². The largest absolute Gasteiger partial charge is 0.492 e. The maximum absolute atomic E-state index is 12.2. The van der Waals surface area contributed by atoms with Crippen LogP contribution in [-0.2, 0) is 0 Å². The summed E-state index contributed by atoms with van der Waals surface area (Å²) in [5.74, 6) is 0.791. The van der Waals surface area contributed by atoms with Crippen molar-refractivity contribution in [2.75, 3.05) is 26.2 Å². The molecule has 0 aliphatic heterocycles. The van der Waals surface area contributed by atoms with Crippen LogP contribution in [0.2, 0.25) is 0 Å². The Balaban J connectivity index is 1.87. The second-order valence-electron chi connectivity index (χ2n) is 5.51. The normalized spacial score (nSPS) is 11.1. The first kappa shape index (κ1) is 18.0. The minimum atomic E-state index is -0.00598. The zero-order chi connectivity index (χ0) is 17.2. The van der Waals surface area contributed by atoms with E-state index in [9.17, 15) is 4.79 Å². The molecule has 0 unspecified atom stereocenters. The molecule has 3 heteroatoms. The van der Waals surface area contributed by atoms with Crippen LogP contribution in [0.25, 0.3) is 6.08 Å². The number of ketones is 1. The fourth-order valence-electron chi connectivity index (χ4n) is 2.38. The molecule has 0 saturated carbocycles. The van der Waals surface area contributed by atoms with Gasteiger partial charge in [-0.3, -0.25) is 4.79 Å². The summed E-state index contributed by atoms with van der Waals surface area (Å²) in [6.07, 6.45) is 3.43. The zero-order valence-electron chi connectivity index (χ0n) is 14.4. The van der Waals surface area contributed by atoms with E-state index in [2.05, 4.69) is 18.7 Å². The van der Waals surface area contributed by atoms with E-state index in [1.54, 1.807) is 6.08 Å². The molecule has 2 aromatic rings. The summed E-state index contributed by atoms with van der Waals surface area (Å²) in [6.45, 7) is 7.91. The molecule has 0 spiro atoms.